The van der Waals surface area contributed by atoms with Crippen molar-refractivity contribution in [3.05, 3.63) is 58.7 Å². The van der Waals surface area contributed by atoms with Crippen molar-refractivity contribution in [1.29, 1.82) is 0 Å². The van der Waals surface area contributed by atoms with E-state index in [9.17, 15) is 4.79 Å². The SMILES string of the molecule is COc1ccc(CC(=O)c2c(C)cc(C)cc2OC)cc1. The third-order valence-corrected chi connectivity index (χ3v) is 3.47. The van der Waals surface area contributed by atoms with Crippen molar-refractivity contribution >= 4 is 5.78 Å². The summed E-state index contributed by atoms with van der Waals surface area (Å²) in [5, 5.41) is 0. The van der Waals surface area contributed by atoms with Gasteiger partial charge in [-0.25, -0.2) is 0 Å². The van der Waals surface area contributed by atoms with Crippen molar-refractivity contribution in [2.75, 3.05) is 14.2 Å². The summed E-state index contributed by atoms with van der Waals surface area (Å²) in [7, 11) is 3.22. The van der Waals surface area contributed by atoms with Crippen LogP contribution < -0.4 is 9.47 Å². The van der Waals surface area contributed by atoms with Crippen molar-refractivity contribution in [2.24, 2.45) is 0 Å². The fourth-order valence-corrected chi connectivity index (χ4v) is 2.46. The van der Waals surface area contributed by atoms with Crippen LogP contribution in [0.1, 0.15) is 27.0 Å². The van der Waals surface area contributed by atoms with Crippen molar-refractivity contribution in [2.45, 2.75) is 20.3 Å². The maximum Gasteiger partial charge on any atom is 0.171 e. The van der Waals surface area contributed by atoms with Crippen LogP contribution in [0.15, 0.2) is 36.4 Å². The van der Waals surface area contributed by atoms with Gasteiger partial charge in [-0.05, 0) is 48.7 Å². The number of methoxy groups -OCH3 is 2. The number of benzene rings is 2. The Morgan fingerprint density at radius 1 is 1.00 bits per heavy atom. The van der Waals surface area contributed by atoms with Gasteiger partial charge in [-0.1, -0.05) is 18.2 Å². The molecule has 2 aromatic rings. The molecule has 0 heterocycles. The summed E-state index contributed by atoms with van der Waals surface area (Å²) in [6, 6.07) is 11.4. The Hall–Kier alpha value is -2.29. The summed E-state index contributed by atoms with van der Waals surface area (Å²) in [5.41, 5.74) is 3.66. The Labute approximate surface area is 125 Å². The summed E-state index contributed by atoms with van der Waals surface area (Å²) in [6.07, 6.45) is 0.351. The van der Waals surface area contributed by atoms with Crippen LogP contribution >= 0.6 is 0 Å². The first-order valence-electron chi connectivity index (χ1n) is 6.86. The van der Waals surface area contributed by atoms with Gasteiger partial charge in [-0.3, -0.25) is 4.79 Å². The van der Waals surface area contributed by atoms with E-state index in [0.29, 0.717) is 17.7 Å². The predicted octanol–water partition coefficient (Wildman–Crippen LogP) is 3.75. The third kappa shape index (κ3) is 3.43. The lowest BCUT2D eigenvalue weighted by molar-refractivity contribution is 0.0989. The smallest absolute Gasteiger partial charge is 0.171 e. The van der Waals surface area contributed by atoms with Gasteiger partial charge in [0.1, 0.15) is 11.5 Å². The Bertz CT molecular complexity index is 642. The molecule has 0 saturated heterocycles. The van der Waals surface area contributed by atoms with Gasteiger partial charge in [0, 0.05) is 6.42 Å². The van der Waals surface area contributed by atoms with Gasteiger partial charge >= 0.3 is 0 Å². The zero-order chi connectivity index (χ0) is 15.4. The first-order chi connectivity index (χ1) is 10.0. The van der Waals surface area contributed by atoms with E-state index < -0.39 is 0 Å². The number of aryl methyl sites for hydroxylation is 2. The fraction of sp³-hybridized carbons (Fsp3) is 0.278. The lowest BCUT2D eigenvalue weighted by Crippen LogP contribution is -2.08. The lowest BCUT2D eigenvalue weighted by atomic mass is 9.96. The van der Waals surface area contributed by atoms with Crippen LogP contribution in [0.25, 0.3) is 0 Å². The molecule has 0 amide bonds. The Balaban J connectivity index is 2.27. The van der Waals surface area contributed by atoms with Gasteiger partial charge in [-0.15, -0.1) is 0 Å². The minimum atomic E-state index is 0.0644. The van der Waals surface area contributed by atoms with Gasteiger partial charge in [-0.2, -0.15) is 0 Å². The second kappa shape index (κ2) is 6.44. The highest BCUT2D eigenvalue weighted by Crippen LogP contribution is 2.26. The normalized spacial score (nSPS) is 10.3. The summed E-state index contributed by atoms with van der Waals surface area (Å²) in [6.45, 7) is 3.93. The van der Waals surface area contributed by atoms with Crippen molar-refractivity contribution in [1.82, 2.24) is 0 Å². The molecule has 0 radical (unpaired) electrons. The summed E-state index contributed by atoms with van der Waals surface area (Å²) < 4.78 is 10.5. The van der Waals surface area contributed by atoms with Crippen LogP contribution in [0.3, 0.4) is 0 Å². The van der Waals surface area contributed by atoms with E-state index in [0.717, 1.165) is 22.4 Å². The molecule has 0 aliphatic carbocycles. The third-order valence-electron chi connectivity index (χ3n) is 3.47. The average molecular weight is 284 g/mol. The molecule has 0 fully saturated rings. The van der Waals surface area contributed by atoms with E-state index in [1.165, 1.54) is 0 Å². The lowest BCUT2D eigenvalue weighted by Gasteiger charge is -2.12. The van der Waals surface area contributed by atoms with E-state index in [4.69, 9.17) is 9.47 Å². The molecular weight excluding hydrogens is 264 g/mol. The average Bonchev–Trinajstić information content (AvgIpc) is 2.46. The van der Waals surface area contributed by atoms with E-state index in [1.54, 1.807) is 14.2 Å². The first-order valence-corrected chi connectivity index (χ1v) is 6.86. The van der Waals surface area contributed by atoms with Crippen LogP contribution in [0.5, 0.6) is 11.5 Å². The molecular formula is C18H20O3. The van der Waals surface area contributed by atoms with Gasteiger partial charge in [0.15, 0.2) is 5.78 Å². The highest BCUT2D eigenvalue weighted by Gasteiger charge is 2.16. The van der Waals surface area contributed by atoms with Crippen LogP contribution in [0, 0.1) is 13.8 Å². The summed E-state index contributed by atoms with van der Waals surface area (Å²) in [5.74, 6) is 1.50. The van der Waals surface area contributed by atoms with Gasteiger partial charge < -0.3 is 9.47 Å². The van der Waals surface area contributed by atoms with E-state index in [-0.39, 0.29) is 5.78 Å². The molecule has 3 heteroatoms. The molecule has 0 N–H and O–H groups in total. The van der Waals surface area contributed by atoms with Crippen molar-refractivity contribution in [3.63, 3.8) is 0 Å². The first kappa shape index (κ1) is 15.1. The molecule has 0 aliphatic heterocycles. The minimum absolute atomic E-state index is 0.0644. The largest absolute Gasteiger partial charge is 0.497 e. The zero-order valence-corrected chi connectivity index (χ0v) is 12.9. The molecule has 110 valence electrons. The topological polar surface area (TPSA) is 35.5 Å². The number of ether oxygens (including phenoxy) is 2. The Morgan fingerprint density at radius 3 is 2.24 bits per heavy atom. The monoisotopic (exact) mass is 284 g/mol. The standard InChI is InChI=1S/C18H20O3/c1-12-9-13(2)18(17(10-12)21-4)16(19)11-14-5-7-15(20-3)8-6-14/h5-10H,11H2,1-4H3. The number of carbonyl (C=O) groups excluding carboxylic acids is 1. The van der Waals surface area contributed by atoms with E-state index in [1.807, 2.05) is 50.2 Å². The number of hydrogen-bond acceptors (Lipinski definition) is 3. The molecule has 0 unspecified atom stereocenters. The van der Waals surface area contributed by atoms with Crippen LogP contribution in [0.2, 0.25) is 0 Å². The number of Topliss-reactive ketones (excluding diaryl/α,β-unsaturated/α-hetero) is 1. The number of carbonyl (C=O) groups is 1. The molecule has 0 bridgehead atoms. The Kier molecular flexibility index (Phi) is 4.63. The van der Waals surface area contributed by atoms with Crippen molar-refractivity contribution in [3.8, 4) is 11.5 Å². The van der Waals surface area contributed by atoms with Gasteiger partial charge in [0.05, 0.1) is 19.8 Å². The summed E-state index contributed by atoms with van der Waals surface area (Å²) >= 11 is 0. The number of hydrogen-bond donors (Lipinski definition) is 0. The van der Waals surface area contributed by atoms with Crippen LogP contribution in [0.4, 0.5) is 0 Å². The molecule has 0 saturated carbocycles. The quantitative estimate of drug-likeness (QED) is 0.784. The van der Waals surface area contributed by atoms with E-state index in [2.05, 4.69) is 0 Å². The predicted molar refractivity (Wildman–Crippen MR) is 83.5 cm³/mol. The van der Waals surface area contributed by atoms with Crippen molar-refractivity contribution < 1.29 is 14.3 Å². The van der Waals surface area contributed by atoms with E-state index >= 15 is 0 Å². The number of ketones is 1. The molecule has 0 atom stereocenters. The zero-order valence-electron chi connectivity index (χ0n) is 12.9. The second-order valence-electron chi connectivity index (χ2n) is 5.11. The highest BCUT2D eigenvalue weighted by atomic mass is 16.5. The second-order valence-corrected chi connectivity index (χ2v) is 5.11. The molecule has 0 aromatic heterocycles. The molecule has 0 spiro atoms. The fourth-order valence-electron chi connectivity index (χ4n) is 2.46. The number of rotatable bonds is 5. The summed E-state index contributed by atoms with van der Waals surface area (Å²) in [4.78, 5) is 12.6. The van der Waals surface area contributed by atoms with Gasteiger partial charge in [0.2, 0.25) is 0 Å². The highest BCUT2D eigenvalue weighted by molar-refractivity contribution is 6.01. The maximum atomic E-state index is 12.6. The molecule has 2 aromatic carbocycles. The van der Waals surface area contributed by atoms with Gasteiger partial charge in [0.25, 0.3) is 0 Å². The molecule has 21 heavy (non-hydrogen) atoms. The Morgan fingerprint density at radius 2 is 1.67 bits per heavy atom. The molecule has 2 rings (SSSR count). The maximum absolute atomic E-state index is 12.6. The molecule has 3 nitrogen and oxygen atoms in total. The van der Waals surface area contributed by atoms with Crippen LogP contribution in [-0.2, 0) is 6.42 Å². The van der Waals surface area contributed by atoms with Crippen LogP contribution in [-0.4, -0.2) is 20.0 Å². The molecule has 0 aliphatic rings. The minimum Gasteiger partial charge on any atom is -0.497 e.